The lowest BCUT2D eigenvalue weighted by Gasteiger charge is -2.02. The largest absolute Gasteiger partial charge is 0.396 e. The highest BCUT2D eigenvalue weighted by atomic mass is 32.2. The van der Waals surface area contributed by atoms with Gasteiger partial charge in [0.1, 0.15) is 6.20 Å². The maximum absolute atomic E-state index is 10.6. The van der Waals surface area contributed by atoms with E-state index >= 15 is 0 Å². The molecular weight excluding hydrogens is 220 g/mol. The Bertz CT molecular complexity index is 360. The first-order valence-electron chi connectivity index (χ1n) is 4.12. The minimum absolute atomic E-state index is 0.0549. The number of nitrogens with one attached hydrogen (secondary N) is 1. The zero-order chi connectivity index (χ0) is 11.3. The first-order valence-corrected chi connectivity index (χ1v) is 5.10. The van der Waals surface area contributed by atoms with Crippen LogP contribution in [-0.4, -0.2) is 39.4 Å². The average Bonchev–Trinajstić information content (AvgIpc) is 2.25. The van der Waals surface area contributed by atoms with Gasteiger partial charge < -0.3 is 10.4 Å². The Labute approximate surface area is 90.1 Å². The molecule has 0 aliphatic rings. The maximum Gasteiger partial charge on any atom is 0.319 e. The van der Waals surface area contributed by atoms with Crippen LogP contribution in [0.3, 0.4) is 0 Å². The predicted octanol–water partition coefficient (Wildman–Crippen LogP) is 0.511. The molecule has 0 atom stereocenters. The molecule has 0 aliphatic carbocycles. The molecule has 1 rings (SSSR count). The number of nitrogens with zero attached hydrogens (tertiary/aromatic N) is 3. The third-order valence-corrected chi connectivity index (χ3v) is 2.45. The lowest BCUT2D eigenvalue weighted by Crippen LogP contribution is -2.01. The average molecular weight is 230 g/mol. The van der Waals surface area contributed by atoms with Crippen LogP contribution in [0.5, 0.6) is 0 Å². The lowest BCUT2D eigenvalue weighted by molar-refractivity contribution is -0.388. The Hall–Kier alpha value is -1.41. The van der Waals surface area contributed by atoms with E-state index in [1.165, 1.54) is 0 Å². The summed E-state index contributed by atoms with van der Waals surface area (Å²) in [6.07, 6.45) is 1.15. The van der Waals surface area contributed by atoms with Crippen LogP contribution < -0.4 is 5.32 Å². The second kappa shape index (κ2) is 5.47. The van der Waals surface area contributed by atoms with Crippen molar-refractivity contribution in [3.05, 3.63) is 16.3 Å². The highest BCUT2D eigenvalue weighted by Gasteiger charge is 2.16. The van der Waals surface area contributed by atoms with Crippen LogP contribution in [0.25, 0.3) is 0 Å². The fourth-order valence-corrected chi connectivity index (χ4v) is 1.56. The molecule has 0 unspecified atom stereocenters. The molecule has 0 saturated carbocycles. The molecule has 1 aromatic heterocycles. The molecule has 0 amide bonds. The van der Waals surface area contributed by atoms with E-state index in [1.54, 1.807) is 7.05 Å². The molecule has 82 valence electrons. The van der Waals surface area contributed by atoms with Crippen LogP contribution >= 0.6 is 11.8 Å². The lowest BCUT2D eigenvalue weighted by atomic mass is 10.5. The quantitative estimate of drug-likeness (QED) is 0.329. The molecule has 15 heavy (non-hydrogen) atoms. The molecule has 8 heteroatoms. The molecular formula is C7H10N4O3S. The number of hydrogen-bond donors (Lipinski definition) is 2. The first-order chi connectivity index (χ1) is 7.19. The van der Waals surface area contributed by atoms with Crippen LogP contribution in [0, 0.1) is 10.1 Å². The maximum atomic E-state index is 10.6. The Balaban J connectivity index is 2.99. The van der Waals surface area contributed by atoms with Gasteiger partial charge in [0.2, 0.25) is 5.95 Å². The van der Waals surface area contributed by atoms with Crippen molar-refractivity contribution in [3.8, 4) is 0 Å². The fourth-order valence-electron chi connectivity index (χ4n) is 0.854. The van der Waals surface area contributed by atoms with E-state index in [0.29, 0.717) is 11.7 Å². The molecule has 1 heterocycles. The minimum atomic E-state index is -0.543. The first kappa shape index (κ1) is 11.7. The van der Waals surface area contributed by atoms with Crippen molar-refractivity contribution in [2.24, 2.45) is 0 Å². The van der Waals surface area contributed by atoms with E-state index in [1.807, 2.05) is 0 Å². The van der Waals surface area contributed by atoms with E-state index in [4.69, 9.17) is 5.11 Å². The van der Waals surface area contributed by atoms with Gasteiger partial charge in [-0.1, -0.05) is 11.8 Å². The van der Waals surface area contributed by atoms with Crippen molar-refractivity contribution < 1.29 is 10.0 Å². The normalized spacial score (nSPS) is 10.0. The third kappa shape index (κ3) is 3.03. The van der Waals surface area contributed by atoms with Gasteiger partial charge >= 0.3 is 5.69 Å². The highest BCUT2D eigenvalue weighted by Crippen LogP contribution is 2.26. The Morgan fingerprint density at radius 2 is 2.47 bits per heavy atom. The van der Waals surface area contributed by atoms with Gasteiger partial charge in [0.15, 0.2) is 5.03 Å². The van der Waals surface area contributed by atoms with Crippen molar-refractivity contribution in [1.29, 1.82) is 0 Å². The Morgan fingerprint density at radius 1 is 1.73 bits per heavy atom. The second-order valence-corrected chi connectivity index (χ2v) is 3.55. The molecule has 1 aromatic rings. The number of aliphatic hydroxyl groups is 1. The van der Waals surface area contributed by atoms with Gasteiger partial charge in [0, 0.05) is 12.8 Å². The van der Waals surface area contributed by atoms with Crippen LogP contribution in [0.4, 0.5) is 11.6 Å². The van der Waals surface area contributed by atoms with Gasteiger partial charge in [-0.05, 0) is 0 Å². The number of thioether (sulfide) groups is 1. The summed E-state index contributed by atoms with van der Waals surface area (Å²) < 4.78 is 0. The molecule has 7 nitrogen and oxygen atoms in total. The summed E-state index contributed by atoms with van der Waals surface area (Å²) in [5.41, 5.74) is -0.146. The molecule has 0 radical (unpaired) electrons. The van der Waals surface area contributed by atoms with Crippen LogP contribution in [0.1, 0.15) is 0 Å². The van der Waals surface area contributed by atoms with Crippen molar-refractivity contribution in [2.75, 3.05) is 24.7 Å². The highest BCUT2D eigenvalue weighted by molar-refractivity contribution is 7.99. The van der Waals surface area contributed by atoms with Gasteiger partial charge in [-0.3, -0.25) is 10.1 Å². The number of aromatic nitrogens is 2. The number of rotatable bonds is 5. The number of nitro groups is 1. The van der Waals surface area contributed by atoms with Crippen molar-refractivity contribution >= 4 is 23.4 Å². The topological polar surface area (TPSA) is 101 Å². The summed E-state index contributed by atoms with van der Waals surface area (Å²) in [4.78, 5) is 17.8. The van der Waals surface area contributed by atoms with Gasteiger partial charge in [0.25, 0.3) is 0 Å². The van der Waals surface area contributed by atoms with Gasteiger partial charge in [-0.2, -0.15) is 4.98 Å². The SMILES string of the molecule is CNc1ncc([N+](=O)[O-])c(SCCO)n1. The second-order valence-electron chi connectivity index (χ2n) is 2.46. The summed E-state index contributed by atoms with van der Waals surface area (Å²) in [5, 5.41) is 22.2. The molecule has 0 bridgehead atoms. The Morgan fingerprint density at radius 3 is 3.00 bits per heavy atom. The zero-order valence-electron chi connectivity index (χ0n) is 8.01. The molecule has 0 aliphatic heterocycles. The van der Waals surface area contributed by atoms with Crippen LogP contribution in [0.2, 0.25) is 0 Å². The molecule has 0 aromatic carbocycles. The molecule has 0 spiro atoms. The standard InChI is InChI=1S/C7H10N4O3S/c1-8-7-9-4-5(11(13)14)6(10-7)15-3-2-12/h4,12H,2-3H2,1H3,(H,8,9,10). The summed E-state index contributed by atoms with van der Waals surface area (Å²) in [7, 11) is 1.63. The molecule has 0 saturated heterocycles. The van der Waals surface area contributed by atoms with E-state index in [2.05, 4.69) is 15.3 Å². The Kier molecular flexibility index (Phi) is 4.25. The van der Waals surface area contributed by atoms with E-state index in [0.717, 1.165) is 18.0 Å². The summed E-state index contributed by atoms with van der Waals surface area (Å²) in [6, 6.07) is 0. The summed E-state index contributed by atoms with van der Waals surface area (Å²) >= 11 is 1.12. The smallest absolute Gasteiger partial charge is 0.319 e. The van der Waals surface area contributed by atoms with Crippen LogP contribution in [0.15, 0.2) is 11.2 Å². The van der Waals surface area contributed by atoms with Gasteiger partial charge in [0.05, 0.1) is 11.5 Å². The van der Waals surface area contributed by atoms with E-state index < -0.39 is 4.92 Å². The number of aliphatic hydroxyl groups excluding tert-OH is 1. The fraction of sp³-hybridized carbons (Fsp3) is 0.429. The van der Waals surface area contributed by atoms with Crippen molar-refractivity contribution in [3.63, 3.8) is 0 Å². The molecule has 0 fully saturated rings. The summed E-state index contributed by atoms with van der Waals surface area (Å²) in [6.45, 7) is -0.0549. The van der Waals surface area contributed by atoms with Gasteiger partial charge in [-0.15, -0.1) is 0 Å². The number of anilines is 1. The minimum Gasteiger partial charge on any atom is -0.396 e. The molecule has 2 N–H and O–H groups in total. The number of hydrogen-bond acceptors (Lipinski definition) is 7. The van der Waals surface area contributed by atoms with Crippen molar-refractivity contribution in [2.45, 2.75) is 5.03 Å². The van der Waals surface area contributed by atoms with Crippen molar-refractivity contribution in [1.82, 2.24) is 9.97 Å². The monoisotopic (exact) mass is 230 g/mol. The summed E-state index contributed by atoms with van der Waals surface area (Å²) in [5.74, 6) is 0.683. The van der Waals surface area contributed by atoms with E-state index in [9.17, 15) is 10.1 Å². The van der Waals surface area contributed by atoms with Gasteiger partial charge in [-0.25, -0.2) is 4.98 Å². The van der Waals surface area contributed by atoms with Crippen LogP contribution in [-0.2, 0) is 0 Å². The third-order valence-electron chi connectivity index (χ3n) is 1.49. The van der Waals surface area contributed by atoms with E-state index in [-0.39, 0.29) is 17.3 Å². The zero-order valence-corrected chi connectivity index (χ0v) is 8.82. The predicted molar refractivity (Wildman–Crippen MR) is 56.0 cm³/mol.